The molecule has 0 radical (unpaired) electrons. The van der Waals surface area contributed by atoms with Gasteiger partial charge in [-0.1, -0.05) is 23.8 Å². The molecule has 0 unspecified atom stereocenters. The first-order chi connectivity index (χ1) is 12.9. The minimum absolute atomic E-state index is 0.360. The van der Waals surface area contributed by atoms with Crippen molar-refractivity contribution in [2.75, 3.05) is 40.4 Å². The second kappa shape index (κ2) is 8.29. The average Bonchev–Trinajstić information content (AvgIpc) is 2.69. The summed E-state index contributed by atoms with van der Waals surface area (Å²) in [5.41, 5.74) is 2.11. The molecule has 6 nitrogen and oxygen atoms in total. The van der Waals surface area contributed by atoms with Crippen LogP contribution in [0.5, 0.6) is 11.5 Å². The molecule has 7 heteroatoms. The first-order valence-electron chi connectivity index (χ1n) is 8.94. The van der Waals surface area contributed by atoms with Crippen molar-refractivity contribution >= 4 is 10.0 Å². The number of benzene rings is 2. The highest BCUT2D eigenvalue weighted by molar-refractivity contribution is 7.89. The van der Waals surface area contributed by atoms with Gasteiger partial charge in [-0.3, -0.25) is 4.90 Å². The largest absolute Gasteiger partial charge is 0.497 e. The van der Waals surface area contributed by atoms with E-state index >= 15 is 0 Å². The summed E-state index contributed by atoms with van der Waals surface area (Å²) in [4.78, 5) is 2.60. The number of ether oxygens (including phenoxy) is 2. The maximum absolute atomic E-state index is 12.8. The fourth-order valence-corrected chi connectivity index (χ4v) is 4.63. The number of methoxy groups -OCH3 is 2. The molecule has 1 fully saturated rings. The molecule has 1 aliphatic heterocycles. The zero-order valence-electron chi connectivity index (χ0n) is 16.0. The molecular formula is C20H26N2O4S. The predicted octanol–water partition coefficient (Wildman–Crippen LogP) is 2.52. The SMILES string of the molecule is COc1ccc(CN2CCN(S(=O)(=O)c3ccc(C)cc3)CC2)c(OC)c1. The van der Waals surface area contributed by atoms with E-state index in [4.69, 9.17) is 9.47 Å². The normalized spacial score (nSPS) is 16.3. The lowest BCUT2D eigenvalue weighted by atomic mass is 10.1. The second-order valence-electron chi connectivity index (χ2n) is 6.67. The summed E-state index contributed by atoms with van der Waals surface area (Å²) in [6.45, 7) is 4.98. The summed E-state index contributed by atoms with van der Waals surface area (Å²) in [5, 5.41) is 0. The van der Waals surface area contributed by atoms with Crippen LogP contribution >= 0.6 is 0 Å². The molecule has 0 amide bonds. The van der Waals surface area contributed by atoms with Gasteiger partial charge in [-0.2, -0.15) is 4.31 Å². The third kappa shape index (κ3) is 4.43. The predicted molar refractivity (Wildman–Crippen MR) is 105 cm³/mol. The number of hydrogen-bond donors (Lipinski definition) is 0. The van der Waals surface area contributed by atoms with Crippen LogP contribution in [0.4, 0.5) is 0 Å². The number of sulfonamides is 1. The molecule has 1 saturated heterocycles. The van der Waals surface area contributed by atoms with Gasteiger partial charge in [0.2, 0.25) is 10.0 Å². The van der Waals surface area contributed by atoms with E-state index in [2.05, 4.69) is 4.90 Å². The van der Waals surface area contributed by atoms with Gasteiger partial charge in [-0.15, -0.1) is 0 Å². The maximum Gasteiger partial charge on any atom is 0.243 e. The van der Waals surface area contributed by atoms with Crippen molar-refractivity contribution in [3.8, 4) is 11.5 Å². The molecule has 0 aromatic heterocycles. The van der Waals surface area contributed by atoms with Crippen LogP contribution in [-0.2, 0) is 16.6 Å². The van der Waals surface area contributed by atoms with Crippen LogP contribution < -0.4 is 9.47 Å². The first kappa shape index (κ1) is 19.7. The molecule has 2 aromatic carbocycles. The molecule has 1 heterocycles. The Bertz CT molecular complexity index is 873. The Labute approximate surface area is 161 Å². The van der Waals surface area contributed by atoms with Gasteiger partial charge < -0.3 is 9.47 Å². The molecule has 0 atom stereocenters. The summed E-state index contributed by atoms with van der Waals surface area (Å²) >= 11 is 0. The van der Waals surface area contributed by atoms with Crippen molar-refractivity contribution in [3.63, 3.8) is 0 Å². The lowest BCUT2D eigenvalue weighted by Crippen LogP contribution is -2.48. The maximum atomic E-state index is 12.8. The van der Waals surface area contributed by atoms with Crippen molar-refractivity contribution in [2.45, 2.75) is 18.4 Å². The van der Waals surface area contributed by atoms with Crippen LogP contribution in [0.3, 0.4) is 0 Å². The van der Waals surface area contributed by atoms with Gasteiger partial charge >= 0.3 is 0 Å². The monoisotopic (exact) mass is 390 g/mol. The van der Waals surface area contributed by atoms with E-state index in [0.29, 0.717) is 37.6 Å². The Morgan fingerprint density at radius 3 is 2.19 bits per heavy atom. The van der Waals surface area contributed by atoms with Gasteiger partial charge in [-0.25, -0.2) is 8.42 Å². The average molecular weight is 391 g/mol. The highest BCUT2D eigenvalue weighted by Crippen LogP contribution is 2.26. The van der Waals surface area contributed by atoms with E-state index < -0.39 is 10.0 Å². The van der Waals surface area contributed by atoms with Gasteiger partial charge in [0.1, 0.15) is 11.5 Å². The summed E-state index contributed by atoms with van der Waals surface area (Å²) in [5.74, 6) is 1.54. The van der Waals surface area contributed by atoms with Crippen LogP contribution in [0.25, 0.3) is 0 Å². The summed E-state index contributed by atoms with van der Waals surface area (Å²) in [6, 6.07) is 12.8. The van der Waals surface area contributed by atoms with Crippen LogP contribution in [0, 0.1) is 6.92 Å². The minimum Gasteiger partial charge on any atom is -0.497 e. The fraction of sp³-hybridized carbons (Fsp3) is 0.400. The first-order valence-corrected chi connectivity index (χ1v) is 10.4. The van der Waals surface area contributed by atoms with Gasteiger partial charge in [0, 0.05) is 44.4 Å². The molecule has 1 aliphatic rings. The molecular weight excluding hydrogens is 364 g/mol. The minimum atomic E-state index is -3.43. The molecule has 0 aliphatic carbocycles. The molecule has 27 heavy (non-hydrogen) atoms. The van der Waals surface area contributed by atoms with Gasteiger partial charge in [0.15, 0.2) is 0 Å². The van der Waals surface area contributed by atoms with Gasteiger partial charge in [0.25, 0.3) is 0 Å². The number of piperazine rings is 1. The Morgan fingerprint density at radius 2 is 1.59 bits per heavy atom. The molecule has 0 N–H and O–H groups in total. The summed E-state index contributed by atoms with van der Waals surface area (Å²) in [7, 11) is -0.161. The second-order valence-corrected chi connectivity index (χ2v) is 8.61. The Hall–Kier alpha value is -2.09. The highest BCUT2D eigenvalue weighted by Gasteiger charge is 2.28. The van der Waals surface area contributed by atoms with Crippen molar-refractivity contribution < 1.29 is 17.9 Å². The smallest absolute Gasteiger partial charge is 0.243 e. The van der Waals surface area contributed by atoms with Gasteiger partial charge in [-0.05, 0) is 25.1 Å². The standard InChI is InChI=1S/C20H26N2O4S/c1-16-4-8-19(9-5-16)27(23,24)22-12-10-21(11-13-22)15-17-6-7-18(25-2)14-20(17)26-3/h4-9,14H,10-13,15H2,1-3H3. The zero-order valence-corrected chi connectivity index (χ0v) is 16.8. The number of rotatable bonds is 6. The lowest BCUT2D eigenvalue weighted by molar-refractivity contribution is 0.180. The number of aryl methyl sites for hydroxylation is 1. The summed E-state index contributed by atoms with van der Waals surface area (Å²) in [6.07, 6.45) is 0. The Balaban J connectivity index is 1.64. The molecule has 0 saturated carbocycles. The topological polar surface area (TPSA) is 59.1 Å². The third-order valence-electron chi connectivity index (χ3n) is 4.88. The molecule has 0 bridgehead atoms. The van der Waals surface area contributed by atoms with Crippen LogP contribution in [0.1, 0.15) is 11.1 Å². The Morgan fingerprint density at radius 1 is 0.926 bits per heavy atom. The fourth-order valence-electron chi connectivity index (χ4n) is 3.21. The third-order valence-corrected chi connectivity index (χ3v) is 6.79. The molecule has 2 aromatic rings. The quantitative estimate of drug-likeness (QED) is 0.759. The van der Waals surface area contributed by atoms with Gasteiger partial charge in [0.05, 0.1) is 19.1 Å². The molecule has 3 rings (SSSR count). The van der Waals surface area contributed by atoms with Crippen molar-refractivity contribution in [3.05, 3.63) is 53.6 Å². The van der Waals surface area contributed by atoms with E-state index in [-0.39, 0.29) is 0 Å². The number of nitrogens with zero attached hydrogens (tertiary/aromatic N) is 2. The van der Waals surface area contributed by atoms with Crippen molar-refractivity contribution in [1.82, 2.24) is 9.21 Å². The van der Waals surface area contributed by atoms with Crippen LogP contribution in [-0.4, -0.2) is 58.0 Å². The van der Waals surface area contributed by atoms with E-state index in [1.54, 1.807) is 30.7 Å². The van der Waals surface area contributed by atoms with Crippen LogP contribution in [0.15, 0.2) is 47.4 Å². The van der Waals surface area contributed by atoms with E-state index in [9.17, 15) is 8.42 Å². The molecule has 0 spiro atoms. The van der Waals surface area contributed by atoms with E-state index in [0.717, 1.165) is 22.6 Å². The zero-order chi connectivity index (χ0) is 19.4. The number of hydrogen-bond acceptors (Lipinski definition) is 5. The summed E-state index contributed by atoms with van der Waals surface area (Å²) < 4.78 is 37.9. The Kier molecular flexibility index (Phi) is 6.04. The van der Waals surface area contributed by atoms with E-state index in [1.807, 2.05) is 37.3 Å². The van der Waals surface area contributed by atoms with Crippen molar-refractivity contribution in [2.24, 2.45) is 0 Å². The van der Waals surface area contributed by atoms with Crippen molar-refractivity contribution in [1.29, 1.82) is 0 Å². The van der Waals surface area contributed by atoms with E-state index in [1.165, 1.54) is 0 Å². The lowest BCUT2D eigenvalue weighted by Gasteiger charge is -2.34. The molecule has 146 valence electrons. The van der Waals surface area contributed by atoms with Crippen LogP contribution in [0.2, 0.25) is 0 Å². The highest BCUT2D eigenvalue weighted by atomic mass is 32.2.